The molecule has 3 nitrogen and oxygen atoms in total. The van der Waals surface area contributed by atoms with E-state index in [0.717, 1.165) is 13.8 Å². The molecule has 0 aliphatic rings. The molecule has 2 aromatic carbocycles. The van der Waals surface area contributed by atoms with Gasteiger partial charge in [-0.15, -0.1) is 11.3 Å². The fourth-order valence-electron chi connectivity index (χ4n) is 1.97. The molecule has 3 rings (SSSR count). The van der Waals surface area contributed by atoms with E-state index >= 15 is 0 Å². The quantitative estimate of drug-likeness (QED) is 0.378. The molecular weight excluding hydrogens is 395 g/mol. The number of thiazole rings is 1. The molecule has 0 spiro atoms. The first-order valence-corrected chi connectivity index (χ1v) is 8.04. The predicted molar refractivity (Wildman–Crippen MR) is 93.8 cm³/mol. The summed E-state index contributed by atoms with van der Waals surface area (Å²) in [4.78, 5) is 4.44. The average molecular weight is 404 g/mol. The molecular formula is C16H9IN2OS. The molecule has 1 aromatic heterocycles. The van der Waals surface area contributed by atoms with Crippen molar-refractivity contribution in [1.82, 2.24) is 4.98 Å². The molecule has 0 fully saturated rings. The second-order valence-electron chi connectivity index (χ2n) is 4.30. The summed E-state index contributed by atoms with van der Waals surface area (Å²) in [6.45, 7) is 0. The van der Waals surface area contributed by atoms with Crippen LogP contribution in [0.1, 0.15) is 10.6 Å². The molecule has 0 amide bonds. The average Bonchev–Trinajstić information content (AvgIpc) is 2.91. The van der Waals surface area contributed by atoms with Gasteiger partial charge in [0.15, 0.2) is 0 Å². The van der Waals surface area contributed by atoms with Crippen molar-refractivity contribution in [2.75, 3.05) is 0 Å². The van der Waals surface area contributed by atoms with Crippen molar-refractivity contribution in [2.45, 2.75) is 0 Å². The van der Waals surface area contributed by atoms with E-state index in [2.05, 4.69) is 33.6 Å². The molecule has 0 unspecified atom stereocenters. The summed E-state index contributed by atoms with van der Waals surface area (Å²) in [6.07, 6.45) is 0. The Morgan fingerprint density at radius 2 is 1.86 bits per heavy atom. The molecule has 0 radical (unpaired) electrons. The van der Waals surface area contributed by atoms with Crippen molar-refractivity contribution in [1.29, 1.82) is 5.26 Å². The minimum absolute atomic E-state index is 0.0263. The largest absolute Gasteiger partial charge is 0.506 e. The highest BCUT2D eigenvalue weighted by molar-refractivity contribution is 14.1. The highest BCUT2D eigenvalue weighted by atomic mass is 127. The Kier molecular flexibility index (Phi) is 3.90. The van der Waals surface area contributed by atoms with E-state index in [0.29, 0.717) is 10.6 Å². The van der Waals surface area contributed by atoms with E-state index in [1.165, 1.54) is 11.3 Å². The number of hydrogen-bond donors (Lipinski definition) is 1. The number of nitrogens with zero attached hydrogens (tertiary/aromatic N) is 2. The lowest BCUT2D eigenvalue weighted by Gasteiger charge is -2.04. The van der Waals surface area contributed by atoms with E-state index < -0.39 is 0 Å². The number of aliphatic hydroxyl groups excluding tert-OH is 1. The summed E-state index contributed by atoms with van der Waals surface area (Å²) in [7, 11) is 0. The van der Waals surface area contributed by atoms with Crippen LogP contribution in [0.25, 0.3) is 21.5 Å². The fourth-order valence-corrected chi connectivity index (χ4v) is 3.57. The van der Waals surface area contributed by atoms with Crippen LogP contribution in [0, 0.1) is 14.9 Å². The Hall–Kier alpha value is -1.91. The smallest absolute Gasteiger partial charge is 0.144 e. The van der Waals surface area contributed by atoms with Crippen LogP contribution >= 0.6 is 33.9 Å². The third kappa shape index (κ3) is 2.64. The number of allylic oxidation sites excluding steroid dienone is 1. The van der Waals surface area contributed by atoms with E-state index in [-0.39, 0.29) is 11.3 Å². The van der Waals surface area contributed by atoms with Crippen LogP contribution in [0.3, 0.4) is 0 Å². The lowest BCUT2D eigenvalue weighted by molar-refractivity contribution is 0.513. The van der Waals surface area contributed by atoms with Crippen molar-refractivity contribution < 1.29 is 5.11 Å². The second-order valence-corrected chi connectivity index (χ2v) is 6.49. The summed E-state index contributed by atoms with van der Waals surface area (Å²) < 4.78 is 1.89. The Morgan fingerprint density at radius 3 is 2.57 bits per heavy atom. The molecule has 3 aromatic rings. The fraction of sp³-hybridized carbons (Fsp3) is 0. The topological polar surface area (TPSA) is 56.9 Å². The second kappa shape index (κ2) is 5.84. The Bertz CT molecular complexity index is 859. The van der Waals surface area contributed by atoms with E-state index in [1.54, 1.807) is 6.07 Å². The van der Waals surface area contributed by atoms with Gasteiger partial charge in [-0.2, -0.15) is 5.26 Å². The molecule has 1 heterocycles. The van der Waals surface area contributed by atoms with Crippen molar-refractivity contribution in [2.24, 2.45) is 0 Å². The molecule has 21 heavy (non-hydrogen) atoms. The summed E-state index contributed by atoms with van der Waals surface area (Å²) in [5.41, 5.74) is 1.69. The monoisotopic (exact) mass is 404 g/mol. The van der Waals surface area contributed by atoms with Gasteiger partial charge in [0.1, 0.15) is 22.4 Å². The third-order valence-corrected chi connectivity index (χ3v) is 4.98. The Morgan fingerprint density at radius 1 is 1.14 bits per heavy atom. The lowest BCUT2D eigenvalue weighted by atomic mass is 10.1. The van der Waals surface area contributed by atoms with Crippen LogP contribution in [-0.4, -0.2) is 10.1 Å². The molecule has 0 saturated carbocycles. The van der Waals surface area contributed by atoms with Crippen LogP contribution in [0.4, 0.5) is 0 Å². The van der Waals surface area contributed by atoms with Gasteiger partial charge in [-0.05, 0) is 40.8 Å². The summed E-state index contributed by atoms with van der Waals surface area (Å²) >= 11 is 3.54. The van der Waals surface area contributed by atoms with Crippen LogP contribution in [0.5, 0.6) is 0 Å². The minimum Gasteiger partial charge on any atom is -0.506 e. The van der Waals surface area contributed by atoms with Crippen LogP contribution < -0.4 is 0 Å². The van der Waals surface area contributed by atoms with Gasteiger partial charge >= 0.3 is 0 Å². The molecule has 5 heteroatoms. The van der Waals surface area contributed by atoms with Gasteiger partial charge in [0.25, 0.3) is 0 Å². The number of benzene rings is 2. The zero-order chi connectivity index (χ0) is 14.8. The number of aliphatic hydroxyl groups is 1. The van der Waals surface area contributed by atoms with Crippen molar-refractivity contribution in [3.8, 4) is 6.07 Å². The maximum atomic E-state index is 10.5. The van der Waals surface area contributed by atoms with Crippen molar-refractivity contribution in [3.05, 3.63) is 62.7 Å². The maximum absolute atomic E-state index is 10.5. The van der Waals surface area contributed by atoms with Crippen LogP contribution in [0.15, 0.2) is 48.5 Å². The molecule has 0 bridgehead atoms. The van der Waals surface area contributed by atoms with Gasteiger partial charge in [-0.3, -0.25) is 0 Å². The lowest BCUT2D eigenvalue weighted by Crippen LogP contribution is -1.92. The summed E-state index contributed by atoms with van der Waals surface area (Å²) in [5.74, 6) is -0.0263. The number of halogens is 1. The van der Waals surface area contributed by atoms with Crippen LogP contribution in [-0.2, 0) is 0 Å². The highest BCUT2D eigenvalue weighted by Gasteiger charge is 2.16. The molecule has 0 atom stereocenters. The first-order chi connectivity index (χ1) is 10.2. The first-order valence-electron chi connectivity index (χ1n) is 6.15. The number of aromatic nitrogens is 1. The SMILES string of the molecule is N#C/C(=C(\O)c1ccccc1I)c1nc2ccccc2s1. The summed E-state index contributed by atoms with van der Waals surface area (Å²) in [5, 5.41) is 20.4. The minimum atomic E-state index is -0.0263. The number of fused-ring (bicyclic) bond motifs is 1. The van der Waals surface area contributed by atoms with Crippen LogP contribution in [0.2, 0.25) is 0 Å². The molecule has 0 aliphatic carbocycles. The van der Waals surface area contributed by atoms with Crippen molar-refractivity contribution in [3.63, 3.8) is 0 Å². The normalized spacial score (nSPS) is 12.0. The molecule has 0 saturated heterocycles. The van der Waals surface area contributed by atoms with Gasteiger partial charge in [-0.1, -0.05) is 30.3 Å². The molecule has 0 aliphatic heterocycles. The summed E-state index contributed by atoms with van der Waals surface area (Å²) in [6, 6.07) is 17.2. The molecule has 102 valence electrons. The van der Waals surface area contributed by atoms with E-state index in [4.69, 9.17) is 0 Å². The third-order valence-electron chi connectivity index (χ3n) is 2.99. The highest BCUT2D eigenvalue weighted by Crippen LogP contribution is 2.31. The molecule has 1 N–H and O–H groups in total. The Balaban J connectivity index is 2.19. The zero-order valence-corrected chi connectivity index (χ0v) is 13.7. The Labute approximate surface area is 139 Å². The standard InChI is InChI=1S/C16H9IN2OS/c17-12-6-2-1-5-10(12)15(20)11(9-18)16-19-13-7-3-4-8-14(13)21-16/h1-8,20H/b15-11+. The first kappa shape index (κ1) is 14.0. The number of nitriles is 1. The van der Waals surface area contributed by atoms with Gasteiger partial charge in [0, 0.05) is 9.13 Å². The number of rotatable bonds is 2. The van der Waals surface area contributed by atoms with E-state index in [1.807, 2.05) is 42.5 Å². The maximum Gasteiger partial charge on any atom is 0.144 e. The number of para-hydroxylation sites is 1. The van der Waals surface area contributed by atoms with Gasteiger partial charge in [-0.25, -0.2) is 4.98 Å². The van der Waals surface area contributed by atoms with E-state index in [9.17, 15) is 10.4 Å². The van der Waals surface area contributed by atoms with Crippen molar-refractivity contribution >= 4 is 55.5 Å². The van der Waals surface area contributed by atoms with Gasteiger partial charge in [0.2, 0.25) is 0 Å². The number of hydrogen-bond acceptors (Lipinski definition) is 4. The van der Waals surface area contributed by atoms with Gasteiger partial charge < -0.3 is 5.11 Å². The van der Waals surface area contributed by atoms with Gasteiger partial charge in [0.05, 0.1) is 10.2 Å². The predicted octanol–water partition coefficient (Wildman–Crippen LogP) is 4.85. The zero-order valence-electron chi connectivity index (χ0n) is 10.7.